The fourth-order valence-corrected chi connectivity index (χ4v) is 1.44. The largest absolute Gasteiger partial charge is 0.369 e. The van der Waals surface area contributed by atoms with Gasteiger partial charge in [0.25, 0.3) is 5.91 Å². The summed E-state index contributed by atoms with van der Waals surface area (Å²) in [6, 6.07) is 3.50. The number of anilines is 1. The molecule has 106 valence electrons. The molecule has 1 N–H and O–H groups in total. The third-order valence-corrected chi connectivity index (χ3v) is 2.67. The minimum Gasteiger partial charge on any atom is -0.369 e. The fourth-order valence-electron chi connectivity index (χ4n) is 1.44. The number of carbonyl (C=O) groups excluding carboxylic acids is 1. The van der Waals surface area contributed by atoms with Crippen molar-refractivity contribution < 1.29 is 4.79 Å². The Kier molecular flexibility index (Phi) is 6.21. The Balaban J connectivity index is 2.56. The van der Waals surface area contributed by atoms with Crippen molar-refractivity contribution in [2.75, 3.05) is 46.1 Å². The topological polar surface area (TPSA) is 61.4 Å². The van der Waals surface area contributed by atoms with Crippen LogP contribution in [-0.2, 0) is 0 Å². The molecule has 0 aliphatic rings. The molecule has 1 heterocycles. The zero-order chi connectivity index (χ0) is 14.3. The van der Waals surface area contributed by atoms with Gasteiger partial charge in [0.15, 0.2) is 5.69 Å². The van der Waals surface area contributed by atoms with Gasteiger partial charge in [-0.25, -0.2) is 0 Å². The summed E-state index contributed by atoms with van der Waals surface area (Å²) < 4.78 is 0. The second-order valence-corrected chi connectivity index (χ2v) is 4.76. The van der Waals surface area contributed by atoms with Gasteiger partial charge >= 0.3 is 0 Å². The molecule has 0 radical (unpaired) electrons. The Morgan fingerprint density at radius 2 is 1.95 bits per heavy atom. The summed E-state index contributed by atoms with van der Waals surface area (Å²) in [5.74, 6) is 0.603. The Morgan fingerprint density at radius 3 is 2.47 bits per heavy atom. The van der Waals surface area contributed by atoms with Crippen LogP contribution in [0.2, 0.25) is 0 Å². The van der Waals surface area contributed by atoms with Crippen molar-refractivity contribution in [3.05, 3.63) is 17.8 Å². The molecule has 1 rings (SSSR count). The van der Waals surface area contributed by atoms with E-state index in [4.69, 9.17) is 0 Å². The maximum Gasteiger partial charge on any atom is 0.274 e. The second kappa shape index (κ2) is 7.68. The highest BCUT2D eigenvalue weighted by atomic mass is 16.2. The highest BCUT2D eigenvalue weighted by molar-refractivity contribution is 5.92. The smallest absolute Gasteiger partial charge is 0.274 e. The lowest BCUT2D eigenvalue weighted by Gasteiger charge is -2.19. The third kappa shape index (κ3) is 5.21. The first-order chi connectivity index (χ1) is 9.04. The summed E-state index contributed by atoms with van der Waals surface area (Å²) in [6.45, 7) is 4.43. The van der Waals surface area contributed by atoms with Crippen LogP contribution >= 0.6 is 0 Å². The van der Waals surface area contributed by atoms with E-state index in [9.17, 15) is 4.79 Å². The maximum absolute atomic E-state index is 12.1. The molecule has 0 aromatic carbocycles. The quantitative estimate of drug-likeness (QED) is 0.795. The number of likely N-dealkylation sites (N-methyl/N-ethyl adjacent to an activating group) is 2. The predicted octanol–water partition coefficient (Wildman–Crippen LogP) is 0.932. The minimum absolute atomic E-state index is 0.101. The van der Waals surface area contributed by atoms with Gasteiger partial charge in [-0.1, -0.05) is 6.92 Å². The van der Waals surface area contributed by atoms with Crippen molar-refractivity contribution in [1.29, 1.82) is 0 Å². The van der Waals surface area contributed by atoms with Crippen molar-refractivity contribution in [2.45, 2.75) is 13.3 Å². The molecule has 6 nitrogen and oxygen atoms in total. The third-order valence-electron chi connectivity index (χ3n) is 2.67. The Labute approximate surface area is 114 Å². The summed E-state index contributed by atoms with van der Waals surface area (Å²) in [6.07, 6.45) is 1.02. The van der Waals surface area contributed by atoms with Crippen LogP contribution in [0.15, 0.2) is 12.1 Å². The van der Waals surface area contributed by atoms with Crippen molar-refractivity contribution in [1.82, 2.24) is 20.0 Å². The van der Waals surface area contributed by atoms with Crippen molar-refractivity contribution in [2.24, 2.45) is 0 Å². The summed E-state index contributed by atoms with van der Waals surface area (Å²) >= 11 is 0. The van der Waals surface area contributed by atoms with Gasteiger partial charge in [0.2, 0.25) is 0 Å². The molecule has 1 aromatic rings. The number of nitrogens with one attached hydrogen (secondary N) is 1. The molecule has 0 saturated carbocycles. The van der Waals surface area contributed by atoms with E-state index in [1.54, 1.807) is 24.1 Å². The molecule has 0 aliphatic heterocycles. The van der Waals surface area contributed by atoms with E-state index in [0.717, 1.165) is 19.5 Å². The lowest BCUT2D eigenvalue weighted by molar-refractivity contribution is 0.0779. The number of hydrogen-bond acceptors (Lipinski definition) is 5. The molecule has 0 atom stereocenters. The van der Waals surface area contributed by atoms with Gasteiger partial charge in [-0.3, -0.25) is 4.79 Å². The Bertz CT molecular complexity index is 391. The van der Waals surface area contributed by atoms with E-state index in [0.29, 0.717) is 18.1 Å². The molecule has 1 aromatic heterocycles. The summed E-state index contributed by atoms with van der Waals surface area (Å²) in [5.41, 5.74) is 0.378. The highest BCUT2D eigenvalue weighted by Gasteiger charge is 2.13. The molecule has 0 unspecified atom stereocenters. The highest BCUT2D eigenvalue weighted by Crippen LogP contribution is 2.04. The Hall–Kier alpha value is -1.69. The van der Waals surface area contributed by atoms with E-state index >= 15 is 0 Å². The zero-order valence-electron chi connectivity index (χ0n) is 12.2. The average Bonchev–Trinajstić information content (AvgIpc) is 2.42. The van der Waals surface area contributed by atoms with Gasteiger partial charge < -0.3 is 15.1 Å². The SMILES string of the molecule is CCCNc1ccc(C(=O)N(C)CCN(C)C)nn1. The summed E-state index contributed by atoms with van der Waals surface area (Å²) in [5, 5.41) is 11.1. The predicted molar refractivity (Wildman–Crippen MR) is 76.3 cm³/mol. The van der Waals surface area contributed by atoms with Crippen LogP contribution in [0.25, 0.3) is 0 Å². The number of rotatable bonds is 7. The monoisotopic (exact) mass is 265 g/mol. The first-order valence-corrected chi connectivity index (χ1v) is 6.52. The van der Waals surface area contributed by atoms with Gasteiger partial charge in [-0.15, -0.1) is 10.2 Å². The number of amides is 1. The van der Waals surface area contributed by atoms with Gasteiger partial charge in [-0.05, 0) is 32.6 Å². The number of carbonyl (C=O) groups is 1. The summed E-state index contributed by atoms with van der Waals surface area (Å²) in [7, 11) is 5.73. The van der Waals surface area contributed by atoms with E-state index < -0.39 is 0 Å². The van der Waals surface area contributed by atoms with E-state index in [-0.39, 0.29) is 5.91 Å². The first-order valence-electron chi connectivity index (χ1n) is 6.52. The fraction of sp³-hybridized carbons (Fsp3) is 0.615. The van der Waals surface area contributed by atoms with Crippen LogP contribution in [0.4, 0.5) is 5.82 Å². The van der Waals surface area contributed by atoms with E-state index in [2.05, 4.69) is 22.4 Å². The van der Waals surface area contributed by atoms with Crippen LogP contribution in [0, 0.1) is 0 Å². The van der Waals surface area contributed by atoms with Gasteiger partial charge in [0, 0.05) is 26.7 Å². The number of nitrogens with zero attached hydrogens (tertiary/aromatic N) is 4. The molecule has 0 fully saturated rings. The van der Waals surface area contributed by atoms with Crippen LogP contribution in [0.1, 0.15) is 23.8 Å². The van der Waals surface area contributed by atoms with Crippen LogP contribution in [0.5, 0.6) is 0 Å². The molecule has 1 amide bonds. The standard InChI is InChI=1S/C13H23N5O/c1-5-8-14-12-7-6-11(15-16-12)13(19)18(4)10-9-17(2)3/h6-7H,5,8-10H2,1-4H3,(H,14,16). The Morgan fingerprint density at radius 1 is 1.21 bits per heavy atom. The second-order valence-electron chi connectivity index (χ2n) is 4.76. The molecule has 19 heavy (non-hydrogen) atoms. The normalized spacial score (nSPS) is 10.6. The van der Waals surface area contributed by atoms with Crippen molar-refractivity contribution in [3.8, 4) is 0 Å². The molecular weight excluding hydrogens is 242 g/mol. The maximum atomic E-state index is 12.1. The average molecular weight is 265 g/mol. The number of hydrogen-bond donors (Lipinski definition) is 1. The molecule has 0 saturated heterocycles. The lowest BCUT2D eigenvalue weighted by atomic mass is 10.3. The molecule has 0 spiro atoms. The van der Waals surface area contributed by atoms with Crippen LogP contribution in [0.3, 0.4) is 0 Å². The lowest BCUT2D eigenvalue weighted by Crippen LogP contribution is -2.34. The molecule has 0 bridgehead atoms. The van der Waals surface area contributed by atoms with Gasteiger partial charge in [0.05, 0.1) is 0 Å². The van der Waals surface area contributed by atoms with Crippen molar-refractivity contribution in [3.63, 3.8) is 0 Å². The molecular formula is C13H23N5O. The molecule has 0 aliphatic carbocycles. The van der Waals surface area contributed by atoms with Gasteiger partial charge in [-0.2, -0.15) is 0 Å². The minimum atomic E-state index is -0.101. The molecule has 6 heteroatoms. The first kappa shape index (κ1) is 15.4. The van der Waals surface area contributed by atoms with E-state index in [1.807, 2.05) is 19.0 Å². The van der Waals surface area contributed by atoms with E-state index in [1.165, 1.54) is 0 Å². The number of aromatic nitrogens is 2. The van der Waals surface area contributed by atoms with Gasteiger partial charge in [0.1, 0.15) is 5.82 Å². The summed E-state index contributed by atoms with van der Waals surface area (Å²) in [4.78, 5) is 15.8. The van der Waals surface area contributed by atoms with Crippen LogP contribution < -0.4 is 5.32 Å². The zero-order valence-corrected chi connectivity index (χ0v) is 12.2. The van der Waals surface area contributed by atoms with Crippen molar-refractivity contribution >= 4 is 11.7 Å². The van der Waals surface area contributed by atoms with Crippen LogP contribution in [-0.4, -0.2) is 66.7 Å².